The zero-order chi connectivity index (χ0) is 6.41. The molecular formula is C5H11N2O-. The van der Waals surface area contributed by atoms with Crippen LogP contribution in [0.3, 0.4) is 0 Å². The number of amides is 1. The normalized spacial score (nSPS) is 8.75. The van der Waals surface area contributed by atoms with Crippen LogP contribution in [-0.2, 0) is 4.79 Å². The second kappa shape index (κ2) is 4.59. The van der Waals surface area contributed by atoms with Crippen LogP contribution in [0, 0.1) is 0 Å². The molecule has 0 saturated carbocycles. The van der Waals surface area contributed by atoms with Crippen LogP contribution in [0.5, 0.6) is 0 Å². The first-order valence-corrected chi connectivity index (χ1v) is 2.57. The fourth-order valence-corrected chi connectivity index (χ4v) is 0.344. The van der Waals surface area contributed by atoms with Crippen molar-refractivity contribution in [3.8, 4) is 0 Å². The maximum absolute atomic E-state index is 10.2. The van der Waals surface area contributed by atoms with Gasteiger partial charge in [0, 0.05) is 6.92 Å². The van der Waals surface area contributed by atoms with Crippen molar-refractivity contribution in [1.29, 1.82) is 0 Å². The van der Waals surface area contributed by atoms with Gasteiger partial charge >= 0.3 is 0 Å². The summed E-state index contributed by atoms with van der Waals surface area (Å²) < 4.78 is 0. The fraction of sp³-hybridized carbons (Fsp3) is 0.800. The molecule has 1 N–H and O–H groups in total. The first-order chi connectivity index (χ1) is 3.77. The largest absolute Gasteiger partial charge is 0.664 e. The lowest BCUT2D eigenvalue weighted by Crippen LogP contribution is -2.22. The van der Waals surface area contributed by atoms with Crippen molar-refractivity contribution in [3.05, 3.63) is 5.32 Å². The molecule has 1 amide bonds. The Bertz CT molecular complexity index is 72.8. The van der Waals surface area contributed by atoms with Gasteiger partial charge in [0.2, 0.25) is 5.91 Å². The van der Waals surface area contributed by atoms with Crippen molar-refractivity contribution >= 4 is 5.91 Å². The second-order valence-corrected chi connectivity index (χ2v) is 1.52. The molecule has 0 atom stereocenters. The highest BCUT2D eigenvalue weighted by molar-refractivity contribution is 5.72. The molecule has 0 saturated heterocycles. The summed E-state index contributed by atoms with van der Waals surface area (Å²) in [5, 5.41) is 6.41. The SMILES string of the molecule is C[N-]CCNC(C)=O. The topological polar surface area (TPSA) is 43.2 Å². The summed E-state index contributed by atoms with van der Waals surface area (Å²) in [6.45, 7) is 2.86. The minimum absolute atomic E-state index is 0.00801. The monoisotopic (exact) mass is 115 g/mol. The molecule has 0 aromatic carbocycles. The van der Waals surface area contributed by atoms with Gasteiger partial charge in [-0.3, -0.25) is 4.79 Å². The van der Waals surface area contributed by atoms with E-state index < -0.39 is 0 Å². The first-order valence-electron chi connectivity index (χ1n) is 2.57. The van der Waals surface area contributed by atoms with Gasteiger partial charge in [-0.1, -0.05) is 0 Å². The number of nitrogens with one attached hydrogen (secondary N) is 1. The number of hydrogen-bond donors (Lipinski definition) is 1. The predicted octanol–water partition coefficient (Wildman–Crippen LogP) is 0.126. The lowest BCUT2D eigenvalue weighted by atomic mass is 10.6. The maximum Gasteiger partial charge on any atom is 0.216 e. The van der Waals surface area contributed by atoms with Crippen molar-refractivity contribution in [3.63, 3.8) is 0 Å². The van der Waals surface area contributed by atoms with Crippen LogP contribution in [0.15, 0.2) is 0 Å². The van der Waals surface area contributed by atoms with Gasteiger partial charge in [0.25, 0.3) is 0 Å². The summed E-state index contributed by atoms with van der Waals surface area (Å²) >= 11 is 0. The van der Waals surface area contributed by atoms with E-state index in [1.165, 1.54) is 6.92 Å². The van der Waals surface area contributed by atoms with E-state index >= 15 is 0 Å². The Morgan fingerprint density at radius 1 is 1.75 bits per heavy atom. The highest BCUT2D eigenvalue weighted by Gasteiger charge is 1.81. The number of rotatable bonds is 3. The first kappa shape index (κ1) is 7.43. The average molecular weight is 115 g/mol. The van der Waals surface area contributed by atoms with Gasteiger partial charge in [0.15, 0.2) is 0 Å². The van der Waals surface area contributed by atoms with Crippen molar-refractivity contribution in [2.45, 2.75) is 6.92 Å². The number of nitrogens with zero attached hydrogens (tertiary/aromatic N) is 1. The van der Waals surface area contributed by atoms with E-state index in [9.17, 15) is 4.79 Å². The van der Waals surface area contributed by atoms with Gasteiger partial charge in [-0.2, -0.15) is 7.05 Å². The number of carbonyl (C=O) groups excluding carboxylic acids is 1. The highest BCUT2D eigenvalue weighted by Crippen LogP contribution is 1.71. The van der Waals surface area contributed by atoms with Gasteiger partial charge in [-0.15, -0.1) is 6.54 Å². The Morgan fingerprint density at radius 3 is 2.75 bits per heavy atom. The van der Waals surface area contributed by atoms with E-state index in [-0.39, 0.29) is 5.91 Å². The maximum atomic E-state index is 10.2. The van der Waals surface area contributed by atoms with E-state index in [4.69, 9.17) is 0 Å². The van der Waals surface area contributed by atoms with Crippen LogP contribution in [-0.4, -0.2) is 26.0 Å². The summed E-state index contributed by atoms with van der Waals surface area (Å²) in [6, 6.07) is 0. The Balaban J connectivity index is 2.82. The zero-order valence-corrected chi connectivity index (χ0v) is 5.27. The molecule has 0 aliphatic heterocycles. The molecule has 0 aliphatic carbocycles. The molecule has 0 rings (SSSR count). The summed E-state index contributed by atoms with van der Waals surface area (Å²) in [5.41, 5.74) is 0. The van der Waals surface area contributed by atoms with E-state index in [0.717, 1.165) is 0 Å². The highest BCUT2D eigenvalue weighted by atomic mass is 16.1. The van der Waals surface area contributed by atoms with Gasteiger partial charge in [-0.25, -0.2) is 0 Å². The van der Waals surface area contributed by atoms with Crippen LogP contribution < -0.4 is 5.32 Å². The molecule has 3 heteroatoms. The Hall–Kier alpha value is -0.570. The molecule has 0 bridgehead atoms. The lowest BCUT2D eigenvalue weighted by Gasteiger charge is -2.09. The standard InChI is InChI=1S/C5H11N2O/c1-5(8)7-4-3-6-2/h3-4H2,1-2H3,(H,7,8)/q-1. The molecule has 0 heterocycles. The van der Waals surface area contributed by atoms with Gasteiger partial charge in [0.1, 0.15) is 0 Å². The molecule has 48 valence electrons. The molecule has 8 heavy (non-hydrogen) atoms. The van der Waals surface area contributed by atoms with E-state index in [2.05, 4.69) is 10.6 Å². The summed E-state index contributed by atoms with van der Waals surface area (Å²) in [6.07, 6.45) is 0. The summed E-state index contributed by atoms with van der Waals surface area (Å²) in [7, 11) is 1.72. The minimum atomic E-state index is 0.00801. The van der Waals surface area contributed by atoms with Gasteiger partial charge in [-0.05, 0) is 6.54 Å². The Labute approximate surface area is 49.5 Å². The number of likely N-dealkylation sites (N-methyl/N-ethyl adjacent to an activating group) is 1. The lowest BCUT2D eigenvalue weighted by molar-refractivity contribution is -0.118. The fourth-order valence-electron chi connectivity index (χ4n) is 0.344. The van der Waals surface area contributed by atoms with Crippen LogP contribution in [0.2, 0.25) is 0 Å². The summed E-state index contributed by atoms with van der Waals surface area (Å²) in [5.74, 6) is 0.00801. The Kier molecular flexibility index (Phi) is 4.26. The molecule has 0 unspecified atom stereocenters. The van der Waals surface area contributed by atoms with E-state index in [0.29, 0.717) is 13.1 Å². The summed E-state index contributed by atoms with van der Waals surface area (Å²) in [4.78, 5) is 10.2. The number of hydrogen-bond acceptors (Lipinski definition) is 1. The van der Waals surface area contributed by atoms with Crippen molar-refractivity contribution in [2.24, 2.45) is 0 Å². The van der Waals surface area contributed by atoms with Crippen LogP contribution in [0.4, 0.5) is 0 Å². The zero-order valence-electron chi connectivity index (χ0n) is 5.27. The molecule has 0 fully saturated rings. The third-order valence-electron chi connectivity index (χ3n) is 0.709. The van der Waals surface area contributed by atoms with E-state index in [1.54, 1.807) is 7.05 Å². The van der Waals surface area contributed by atoms with Crippen molar-refractivity contribution in [2.75, 3.05) is 20.1 Å². The Morgan fingerprint density at radius 2 is 2.38 bits per heavy atom. The smallest absolute Gasteiger partial charge is 0.216 e. The van der Waals surface area contributed by atoms with Crippen LogP contribution >= 0.6 is 0 Å². The quantitative estimate of drug-likeness (QED) is 0.522. The average Bonchev–Trinajstić information content (AvgIpc) is 1.66. The van der Waals surface area contributed by atoms with Crippen molar-refractivity contribution in [1.82, 2.24) is 5.32 Å². The molecule has 0 aromatic rings. The minimum Gasteiger partial charge on any atom is -0.664 e. The van der Waals surface area contributed by atoms with Crippen LogP contribution in [0.25, 0.3) is 5.32 Å². The van der Waals surface area contributed by atoms with E-state index in [1.807, 2.05) is 0 Å². The molecule has 0 aromatic heterocycles. The molecule has 3 nitrogen and oxygen atoms in total. The predicted molar refractivity (Wildman–Crippen MR) is 32.8 cm³/mol. The third-order valence-corrected chi connectivity index (χ3v) is 0.709. The van der Waals surface area contributed by atoms with Crippen LogP contribution in [0.1, 0.15) is 6.92 Å². The van der Waals surface area contributed by atoms with Gasteiger partial charge in [0.05, 0.1) is 0 Å². The van der Waals surface area contributed by atoms with Crippen molar-refractivity contribution < 1.29 is 4.79 Å². The molecule has 0 aliphatic rings. The third kappa shape index (κ3) is 5.43. The molecular weight excluding hydrogens is 104 g/mol. The second-order valence-electron chi connectivity index (χ2n) is 1.52. The molecule has 0 spiro atoms. The number of carbonyl (C=O) groups is 1. The molecule has 0 radical (unpaired) electrons. The van der Waals surface area contributed by atoms with Gasteiger partial charge < -0.3 is 10.6 Å².